The SMILES string of the molecule is CN1CCCCC1CN1C(=O)COCC1CN. The molecule has 5 nitrogen and oxygen atoms in total. The van der Waals surface area contributed by atoms with Crippen molar-refractivity contribution in [1.82, 2.24) is 9.80 Å². The lowest BCUT2D eigenvalue weighted by Gasteiger charge is -2.41. The number of rotatable bonds is 3. The predicted octanol–water partition coefficient (Wildman–Crippen LogP) is -0.343. The van der Waals surface area contributed by atoms with E-state index in [2.05, 4.69) is 11.9 Å². The molecule has 5 heteroatoms. The highest BCUT2D eigenvalue weighted by Crippen LogP contribution is 2.18. The molecule has 0 aromatic heterocycles. The van der Waals surface area contributed by atoms with Gasteiger partial charge in [0, 0.05) is 19.1 Å². The van der Waals surface area contributed by atoms with E-state index in [0.717, 1.165) is 13.1 Å². The van der Waals surface area contributed by atoms with Crippen LogP contribution in [0.5, 0.6) is 0 Å². The van der Waals surface area contributed by atoms with Crippen molar-refractivity contribution in [2.24, 2.45) is 5.73 Å². The molecule has 2 aliphatic heterocycles. The molecule has 0 aromatic carbocycles. The number of nitrogens with two attached hydrogens (primary N) is 1. The van der Waals surface area contributed by atoms with Gasteiger partial charge in [0.15, 0.2) is 0 Å². The highest BCUT2D eigenvalue weighted by molar-refractivity contribution is 5.78. The van der Waals surface area contributed by atoms with Crippen LogP contribution >= 0.6 is 0 Å². The summed E-state index contributed by atoms with van der Waals surface area (Å²) in [5, 5.41) is 0. The Balaban J connectivity index is 1.96. The van der Waals surface area contributed by atoms with Crippen molar-refractivity contribution in [3.8, 4) is 0 Å². The molecule has 0 bridgehead atoms. The van der Waals surface area contributed by atoms with Gasteiger partial charge in [0.1, 0.15) is 6.61 Å². The first kappa shape index (κ1) is 12.8. The standard InChI is InChI=1S/C12H23N3O2/c1-14-5-3-2-4-10(14)7-15-11(6-13)8-17-9-12(15)16/h10-11H,2-9,13H2,1H3. The van der Waals surface area contributed by atoms with Crippen LogP contribution in [-0.2, 0) is 9.53 Å². The van der Waals surface area contributed by atoms with Crippen molar-refractivity contribution in [3.05, 3.63) is 0 Å². The number of likely N-dealkylation sites (N-methyl/N-ethyl adjacent to an activating group) is 1. The van der Waals surface area contributed by atoms with E-state index >= 15 is 0 Å². The summed E-state index contributed by atoms with van der Waals surface area (Å²) in [7, 11) is 2.15. The molecule has 98 valence electrons. The lowest BCUT2D eigenvalue weighted by Crippen LogP contribution is -2.57. The lowest BCUT2D eigenvalue weighted by atomic mass is 10.0. The molecule has 2 atom stereocenters. The number of carbonyl (C=O) groups excluding carboxylic acids is 1. The van der Waals surface area contributed by atoms with Gasteiger partial charge < -0.3 is 20.3 Å². The minimum Gasteiger partial charge on any atom is -0.369 e. The zero-order valence-electron chi connectivity index (χ0n) is 10.6. The van der Waals surface area contributed by atoms with Gasteiger partial charge in [-0.25, -0.2) is 0 Å². The fraction of sp³-hybridized carbons (Fsp3) is 0.917. The zero-order valence-corrected chi connectivity index (χ0v) is 10.6. The van der Waals surface area contributed by atoms with Crippen LogP contribution in [-0.4, -0.2) is 67.7 Å². The maximum Gasteiger partial charge on any atom is 0.248 e. The fourth-order valence-corrected chi connectivity index (χ4v) is 2.71. The third kappa shape index (κ3) is 2.97. The van der Waals surface area contributed by atoms with Gasteiger partial charge in [-0.15, -0.1) is 0 Å². The van der Waals surface area contributed by atoms with Crippen molar-refractivity contribution in [2.75, 3.05) is 39.9 Å². The quantitative estimate of drug-likeness (QED) is 0.734. The molecule has 0 aliphatic carbocycles. The van der Waals surface area contributed by atoms with Crippen LogP contribution < -0.4 is 5.73 Å². The average Bonchev–Trinajstić information content (AvgIpc) is 2.34. The Morgan fingerprint density at radius 1 is 1.41 bits per heavy atom. The fourth-order valence-electron chi connectivity index (χ4n) is 2.71. The van der Waals surface area contributed by atoms with Crippen LogP contribution in [0.15, 0.2) is 0 Å². The second-order valence-corrected chi connectivity index (χ2v) is 5.08. The molecular formula is C12H23N3O2. The van der Waals surface area contributed by atoms with Crippen LogP contribution in [0.4, 0.5) is 0 Å². The molecule has 1 amide bonds. The average molecular weight is 241 g/mol. The molecule has 17 heavy (non-hydrogen) atoms. The monoisotopic (exact) mass is 241 g/mol. The molecule has 0 radical (unpaired) electrons. The molecule has 0 aromatic rings. The van der Waals surface area contributed by atoms with Gasteiger partial charge in [0.25, 0.3) is 0 Å². The summed E-state index contributed by atoms with van der Waals surface area (Å²) in [6, 6.07) is 0.548. The third-order valence-electron chi connectivity index (χ3n) is 3.90. The zero-order chi connectivity index (χ0) is 12.3. The first-order valence-corrected chi connectivity index (χ1v) is 6.50. The summed E-state index contributed by atoms with van der Waals surface area (Å²) < 4.78 is 5.25. The van der Waals surface area contributed by atoms with Crippen LogP contribution in [0.2, 0.25) is 0 Å². The predicted molar refractivity (Wildman–Crippen MR) is 65.6 cm³/mol. The van der Waals surface area contributed by atoms with E-state index in [1.54, 1.807) is 0 Å². The number of amides is 1. The highest BCUT2D eigenvalue weighted by atomic mass is 16.5. The van der Waals surface area contributed by atoms with E-state index in [4.69, 9.17) is 10.5 Å². The van der Waals surface area contributed by atoms with Crippen LogP contribution in [0, 0.1) is 0 Å². The Kier molecular flexibility index (Phi) is 4.36. The molecule has 0 spiro atoms. The summed E-state index contributed by atoms with van der Waals surface area (Å²) in [6.07, 6.45) is 3.71. The van der Waals surface area contributed by atoms with E-state index in [-0.39, 0.29) is 18.6 Å². The van der Waals surface area contributed by atoms with E-state index in [0.29, 0.717) is 19.2 Å². The number of nitrogens with zero attached hydrogens (tertiary/aromatic N) is 2. The number of carbonyl (C=O) groups is 1. The Morgan fingerprint density at radius 3 is 2.94 bits per heavy atom. The normalized spacial score (nSPS) is 31.9. The highest BCUT2D eigenvalue weighted by Gasteiger charge is 2.31. The molecule has 2 rings (SSSR count). The molecule has 2 heterocycles. The number of ether oxygens (including phenoxy) is 1. The molecule has 2 saturated heterocycles. The molecule has 2 N–H and O–H groups in total. The van der Waals surface area contributed by atoms with Gasteiger partial charge in [0.2, 0.25) is 5.91 Å². The Morgan fingerprint density at radius 2 is 2.24 bits per heavy atom. The lowest BCUT2D eigenvalue weighted by molar-refractivity contribution is -0.149. The summed E-state index contributed by atoms with van der Waals surface area (Å²) in [5.41, 5.74) is 5.71. The summed E-state index contributed by atoms with van der Waals surface area (Å²) in [6.45, 7) is 3.23. The molecule has 2 unspecified atom stereocenters. The van der Waals surface area contributed by atoms with Crippen molar-refractivity contribution in [1.29, 1.82) is 0 Å². The first-order chi connectivity index (χ1) is 8.22. The minimum absolute atomic E-state index is 0.0616. The number of hydrogen-bond acceptors (Lipinski definition) is 4. The summed E-state index contributed by atoms with van der Waals surface area (Å²) in [4.78, 5) is 16.2. The van der Waals surface area contributed by atoms with Crippen molar-refractivity contribution >= 4 is 5.91 Å². The molecular weight excluding hydrogens is 218 g/mol. The van der Waals surface area contributed by atoms with E-state index < -0.39 is 0 Å². The van der Waals surface area contributed by atoms with E-state index in [1.165, 1.54) is 19.3 Å². The van der Waals surface area contributed by atoms with Crippen LogP contribution in [0.3, 0.4) is 0 Å². The second-order valence-electron chi connectivity index (χ2n) is 5.08. The van der Waals surface area contributed by atoms with Crippen molar-refractivity contribution in [3.63, 3.8) is 0 Å². The molecule has 0 saturated carbocycles. The number of likely N-dealkylation sites (tertiary alicyclic amines) is 1. The minimum atomic E-state index is 0.0616. The Labute approximate surface area is 103 Å². The van der Waals surface area contributed by atoms with E-state index in [9.17, 15) is 4.79 Å². The smallest absolute Gasteiger partial charge is 0.248 e. The number of morpholine rings is 1. The van der Waals surface area contributed by atoms with Gasteiger partial charge in [-0.2, -0.15) is 0 Å². The van der Waals surface area contributed by atoms with Crippen molar-refractivity contribution < 1.29 is 9.53 Å². The number of piperidine rings is 1. The van der Waals surface area contributed by atoms with E-state index in [1.807, 2.05) is 4.90 Å². The maximum absolute atomic E-state index is 11.9. The summed E-state index contributed by atoms with van der Waals surface area (Å²) >= 11 is 0. The van der Waals surface area contributed by atoms with Gasteiger partial charge in [-0.1, -0.05) is 6.42 Å². The van der Waals surface area contributed by atoms with Crippen molar-refractivity contribution in [2.45, 2.75) is 31.3 Å². The van der Waals surface area contributed by atoms with Gasteiger partial charge in [-0.3, -0.25) is 4.79 Å². The number of hydrogen-bond donors (Lipinski definition) is 1. The second kappa shape index (κ2) is 5.80. The van der Waals surface area contributed by atoms with Gasteiger partial charge in [-0.05, 0) is 26.4 Å². The first-order valence-electron chi connectivity index (χ1n) is 6.50. The molecule has 2 aliphatic rings. The molecule has 2 fully saturated rings. The topological polar surface area (TPSA) is 58.8 Å². The largest absolute Gasteiger partial charge is 0.369 e. The van der Waals surface area contributed by atoms with Gasteiger partial charge in [0.05, 0.1) is 12.6 Å². The van der Waals surface area contributed by atoms with Crippen LogP contribution in [0.25, 0.3) is 0 Å². The Hall–Kier alpha value is -0.650. The Bertz CT molecular complexity index is 272. The maximum atomic E-state index is 11.9. The van der Waals surface area contributed by atoms with Crippen LogP contribution in [0.1, 0.15) is 19.3 Å². The van der Waals surface area contributed by atoms with Gasteiger partial charge >= 0.3 is 0 Å². The third-order valence-corrected chi connectivity index (χ3v) is 3.90. The summed E-state index contributed by atoms with van der Waals surface area (Å²) in [5.74, 6) is 0.0886.